The molecule has 0 aliphatic rings. The Morgan fingerprint density at radius 3 is 2.57 bits per heavy atom. The predicted octanol–water partition coefficient (Wildman–Crippen LogP) is 3.95. The maximum Gasteiger partial charge on any atom is 0.123 e. The monoisotopic (exact) mass is 287 g/mol. The van der Waals surface area contributed by atoms with Crippen LogP contribution in [0.4, 0.5) is 4.39 Å². The molecule has 0 unspecified atom stereocenters. The van der Waals surface area contributed by atoms with Gasteiger partial charge >= 0.3 is 0 Å². The second-order valence-corrected chi connectivity index (χ2v) is 5.05. The first-order valence-corrected chi connectivity index (χ1v) is 7.45. The minimum absolute atomic E-state index is 0.171. The van der Waals surface area contributed by atoms with Crippen molar-refractivity contribution in [1.29, 1.82) is 0 Å². The summed E-state index contributed by atoms with van der Waals surface area (Å²) in [6.45, 7) is 4.49. The first-order valence-electron chi connectivity index (χ1n) is 7.45. The molecule has 0 atom stereocenters. The van der Waals surface area contributed by atoms with Gasteiger partial charge in [-0.2, -0.15) is 0 Å². The molecule has 2 nitrogen and oxygen atoms in total. The molecular formula is C18H22FNO. The SMILES string of the molecule is CCCOc1ccc(CNCCc2cccc(F)c2)cc1. The number of benzene rings is 2. The van der Waals surface area contributed by atoms with Crippen molar-refractivity contribution in [3.63, 3.8) is 0 Å². The van der Waals surface area contributed by atoms with Gasteiger partial charge in [0.15, 0.2) is 0 Å². The Kier molecular flexibility index (Phi) is 6.22. The highest BCUT2D eigenvalue weighted by Crippen LogP contribution is 2.12. The summed E-state index contributed by atoms with van der Waals surface area (Å²) >= 11 is 0. The molecule has 1 N–H and O–H groups in total. The molecule has 0 amide bonds. The summed E-state index contributed by atoms with van der Waals surface area (Å²) in [4.78, 5) is 0. The number of hydrogen-bond donors (Lipinski definition) is 1. The molecule has 3 heteroatoms. The number of nitrogens with one attached hydrogen (secondary N) is 1. The first-order chi connectivity index (χ1) is 10.3. The van der Waals surface area contributed by atoms with Crippen molar-refractivity contribution >= 4 is 0 Å². The smallest absolute Gasteiger partial charge is 0.123 e. The molecule has 0 heterocycles. The van der Waals surface area contributed by atoms with E-state index < -0.39 is 0 Å². The third-order valence-corrected chi connectivity index (χ3v) is 3.20. The third-order valence-electron chi connectivity index (χ3n) is 3.20. The maximum absolute atomic E-state index is 13.0. The molecule has 0 aromatic heterocycles. The molecule has 2 aromatic carbocycles. The lowest BCUT2D eigenvalue weighted by Crippen LogP contribution is -2.16. The predicted molar refractivity (Wildman–Crippen MR) is 84.0 cm³/mol. The van der Waals surface area contributed by atoms with Crippen LogP contribution in [0, 0.1) is 5.82 Å². The van der Waals surface area contributed by atoms with Crippen molar-refractivity contribution in [2.45, 2.75) is 26.3 Å². The molecule has 0 aliphatic carbocycles. The maximum atomic E-state index is 13.0. The highest BCUT2D eigenvalue weighted by molar-refractivity contribution is 5.27. The van der Waals surface area contributed by atoms with Gasteiger partial charge in [-0.15, -0.1) is 0 Å². The minimum atomic E-state index is -0.171. The number of hydrogen-bond acceptors (Lipinski definition) is 2. The largest absolute Gasteiger partial charge is 0.494 e. The fourth-order valence-electron chi connectivity index (χ4n) is 2.08. The second-order valence-electron chi connectivity index (χ2n) is 5.05. The number of halogens is 1. The average molecular weight is 287 g/mol. The topological polar surface area (TPSA) is 21.3 Å². The first kappa shape index (κ1) is 15.5. The van der Waals surface area contributed by atoms with Crippen molar-refractivity contribution in [2.24, 2.45) is 0 Å². The van der Waals surface area contributed by atoms with Crippen molar-refractivity contribution in [1.82, 2.24) is 5.32 Å². The summed E-state index contributed by atoms with van der Waals surface area (Å²) in [5, 5.41) is 3.37. The van der Waals surface area contributed by atoms with E-state index in [-0.39, 0.29) is 5.82 Å². The highest BCUT2D eigenvalue weighted by Gasteiger charge is 1.97. The van der Waals surface area contributed by atoms with Crippen molar-refractivity contribution in [3.05, 3.63) is 65.5 Å². The lowest BCUT2D eigenvalue weighted by molar-refractivity contribution is 0.317. The molecule has 0 saturated carbocycles. The molecule has 0 bridgehead atoms. The van der Waals surface area contributed by atoms with Crippen molar-refractivity contribution in [3.8, 4) is 5.75 Å². The van der Waals surface area contributed by atoms with Crippen LogP contribution < -0.4 is 10.1 Å². The van der Waals surface area contributed by atoms with Gasteiger partial charge < -0.3 is 10.1 Å². The lowest BCUT2D eigenvalue weighted by atomic mass is 10.1. The number of ether oxygens (including phenoxy) is 1. The van der Waals surface area contributed by atoms with Crippen LogP contribution in [0.5, 0.6) is 5.75 Å². The van der Waals surface area contributed by atoms with E-state index in [1.165, 1.54) is 11.6 Å². The summed E-state index contributed by atoms with van der Waals surface area (Å²) in [6, 6.07) is 14.9. The van der Waals surface area contributed by atoms with Gasteiger partial charge in [0.2, 0.25) is 0 Å². The van der Waals surface area contributed by atoms with Gasteiger partial charge in [-0.05, 0) is 54.8 Å². The Bertz CT molecular complexity index is 539. The van der Waals surface area contributed by atoms with Crippen LogP contribution in [-0.2, 0) is 13.0 Å². The summed E-state index contributed by atoms with van der Waals surface area (Å²) < 4.78 is 18.6. The quantitative estimate of drug-likeness (QED) is 0.742. The van der Waals surface area contributed by atoms with Gasteiger partial charge in [-0.25, -0.2) is 4.39 Å². The van der Waals surface area contributed by atoms with Crippen LogP contribution in [0.25, 0.3) is 0 Å². The van der Waals surface area contributed by atoms with Crippen LogP contribution in [0.15, 0.2) is 48.5 Å². The zero-order valence-corrected chi connectivity index (χ0v) is 12.4. The summed E-state index contributed by atoms with van der Waals surface area (Å²) in [5.74, 6) is 0.746. The van der Waals surface area contributed by atoms with Gasteiger partial charge in [0, 0.05) is 6.54 Å². The normalized spacial score (nSPS) is 10.6. The van der Waals surface area contributed by atoms with E-state index in [0.29, 0.717) is 0 Å². The molecule has 0 spiro atoms. The molecular weight excluding hydrogens is 265 g/mol. The van der Waals surface area contributed by atoms with Crippen molar-refractivity contribution in [2.75, 3.05) is 13.2 Å². The average Bonchev–Trinajstić information content (AvgIpc) is 2.51. The van der Waals surface area contributed by atoms with Crippen LogP contribution >= 0.6 is 0 Å². The Hall–Kier alpha value is -1.87. The van der Waals surface area contributed by atoms with E-state index in [4.69, 9.17) is 4.74 Å². The lowest BCUT2D eigenvalue weighted by Gasteiger charge is -2.07. The third kappa shape index (κ3) is 5.56. The van der Waals surface area contributed by atoms with Gasteiger partial charge in [-0.3, -0.25) is 0 Å². The van der Waals surface area contributed by atoms with Crippen LogP contribution in [0.3, 0.4) is 0 Å². The minimum Gasteiger partial charge on any atom is -0.494 e. The Labute approximate surface area is 126 Å². The van der Waals surface area contributed by atoms with E-state index in [0.717, 1.165) is 43.9 Å². The van der Waals surface area contributed by atoms with Gasteiger partial charge in [0.25, 0.3) is 0 Å². The van der Waals surface area contributed by atoms with Gasteiger partial charge in [-0.1, -0.05) is 31.2 Å². The van der Waals surface area contributed by atoms with Gasteiger partial charge in [0.1, 0.15) is 11.6 Å². The molecule has 2 rings (SSSR count). The zero-order valence-electron chi connectivity index (χ0n) is 12.4. The van der Waals surface area contributed by atoms with E-state index in [9.17, 15) is 4.39 Å². The zero-order chi connectivity index (χ0) is 14.9. The number of rotatable bonds is 8. The van der Waals surface area contributed by atoms with E-state index in [2.05, 4.69) is 24.4 Å². The molecule has 0 fully saturated rings. The molecule has 112 valence electrons. The van der Waals surface area contributed by atoms with E-state index in [1.54, 1.807) is 12.1 Å². The molecule has 0 radical (unpaired) electrons. The Morgan fingerprint density at radius 1 is 1.05 bits per heavy atom. The fraction of sp³-hybridized carbons (Fsp3) is 0.333. The highest BCUT2D eigenvalue weighted by atomic mass is 19.1. The second kappa shape index (κ2) is 8.42. The Balaban J connectivity index is 1.71. The molecule has 2 aromatic rings. The summed E-state index contributed by atoms with van der Waals surface area (Å²) in [5.41, 5.74) is 2.24. The Morgan fingerprint density at radius 2 is 1.86 bits per heavy atom. The standard InChI is InChI=1S/C18H22FNO/c1-2-12-21-18-8-6-16(7-9-18)14-20-11-10-15-4-3-5-17(19)13-15/h3-9,13,20H,2,10-12,14H2,1H3. The molecule has 21 heavy (non-hydrogen) atoms. The van der Waals surface area contributed by atoms with E-state index >= 15 is 0 Å². The van der Waals surface area contributed by atoms with Crippen molar-refractivity contribution < 1.29 is 9.13 Å². The van der Waals surface area contributed by atoms with Crippen LogP contribution in [0.1, 0.15) is 24.5 Å². The van der Waals surface area contributed by atoms with Gasteiger partial charge in [0.05, 0.1) is 6.61 Å². The molecule has 0 aliphatic heterocycles. The van der Waals surface area contributed by atoms with Crippen LogP contribution in [0.2, 0.25) is 0 Å². The summed E-state index contributed by atoms with van der Waals surface area (Å²) in [6.07, 6.45) is 1.85. The van der Waals surface area contributed by atoms with E-state index in [1.807, 2.05) is 18.2 Å². The molecule has 0 saturated heterocycles. The summed E-state index contributed by atoms with van der Waals surface area (Å²) in [7, 11) is 0. The fourth-order valence-corrected chi connectivity index (χ4v) is 2.08. The van der Waals surface area contributed by atoms with Crippen LogP contribution in [-0.4, -0.2) is 13.2 Å².